The molecule has 1 aliphatic carbocycles. The van der Waals surface area contributed by atoms with E-state index in [0.717, 1.165) is 36.1 Å². The highest BCUT2D eigenvalue weighted by molar-refractivity contribution is 6.04. The van der Waals surface area contributed by atoms with Gasteiger partial charge in [-0.3, -0.25) is 14.6 Å². The highest BCUT2D eigenvalue weighted by Crippen LogP contribution is 2.56. The summed E-state index contributed by atoms with van der Waals surface area (Å²) in [5.74, 6) is 1.65. The Kier molecular flexibility index (Phi) is 7.40. The van der Waals surface area contributed by atoms with Crippen molar-refractivity contribution in [2.75, 3.05) is 45.8 Å². The first-order valence-corrected chi connectivity index (χ1v) is 16.3. The first kappa shape index (κ1) is 29.6. The largest absolute Gasteiger partial charge is 0.493 e. The normalized spacial score (nSPS) is 23.2. The molecule has 0 aromatic heterocycles. The Morgan fingerprint density at radius 3 is 2.55 bits per heavy atom. The molecule has 242 valence electrons. The maximum Gasteiger partial charge on any atom is 0.260 e. The van der Waals surface area contributed by atoms with E-state index in [2.05, 4.69) is 17.4 Å². The van der Waals surface area contributed by atoms with Gasteiger partial charge in [0.1, 0.15) is 5.75 Å². The highest BCUT2D eigenvalue weighted by atomic mass is 16.5. The molecule has 2 unspecified atom stereocenters. The third-order valence-electron chi connectivity index (χ3n) is 10.1. The molecule has 0 radical (unpaired) electrons. The summed E-state index contributed by atoms with van der Waals surface area (Å²) >= 11 is 0. The van der Waals surface area contributed by atoms with Gasteiger partial charge in [-0.25, -0.2) is 0 Å². The molecule has 5 aliphatic rings. The van der Waals surface area contributed by atoms with Crippen LogP contribution < -0.4 is 19.5 Å². The first-order chi connectivity index (χ1) is 23.0. The summed E-state index contributed by atoms with van der Waals surface area (Å²) in [4.78, 5) is 35.5. The minimum Gasteiger partial charge on any atom is -0.493 e. The number of hydrogen-bond donors (Lipinski definition) is 1. The Morgan fingerprint density at radius 2 is 1.77 bits per heavy atom. The van der Waals surface area contributed by atoms with Gasteiger partial charge in [-0.05, 0) is 48.6 Å². The molecule has 4 aliphatic heterocycles. The number of anilines is 1. The van der Waals surface area contributed by atoms with Crippen molar-refractivity contribution in [3.63, 3.8) is 0 Å². The minimum absolute atomic E-state index is 0.00652. The van der Waals surface area contributed by atoms with Crippen LogP contribution in [-0.4, -0.2) is 86.5 Å². The van der Waals surface area contributed by atoms with Crippen molar-refractivity contribution in [3.05, 3.63) is 83.6 Å². The van der Waals surface area contributed by atoms with Crippen molar-refractivity contribution in [1.29, 1.82) is 0 Å². The second-order valence-corrected chi connectivity index (χ2v) is 13.0. The van der Waals surface area contributed by atoms with Crippen LogP contribution in [0.15, 0.2) is 71.9 Å². The van der Waals surface area contributed by atoms with Crippen LogP contribution in [0.2, 0.25) is 0 Å². The topological polar surface area (TPSA) is 102 Å². The number of nitrogens with zero attached hydrogens (tertiary/aromatic N) is 3. The molecule has 2 fully saturated rings. The summed E-state index contributed by atoms with van der Waals surface area (Å²) < 4.78 is 23.6. The number of ether oxygens (including phenoxy) is 4. The molecule has 10 heteroatoms. The third-order valence-corrected chi connectivity index (χ3v) is 10.1. The number of amides is 2. The van der Waals surface area contributed by atoms with Gasteiger partial charge in [0.05, 0.1) is 61.0 Å². The fourth-order valence-corrected chi connectivity index (χ4v) is 7.49. The Morgan fingerprint density at radius 1 is 0.936 bits per heavy atom. The molecule has 0 bridgehead atoms. The third kappa shape index (κ3) is 5.20. The first-order valence-electron chi connectivity index (χ1n) is 16.3. The highest BCUT2D eigenvalue weighted by Gasteiger charge is 2.61. The standard InChI is InChI=1S/C37H38N4O6/c1-44-32-17-28-30(38-19-25-15-24(21-40(25)36(28)43)23-7-4-3-5-8-23)18-33(32)47-14-6-13-46-26-9-10-27-29(16-26)39-20-31-34(45-2)37(11-12-37)22-41(31)35(27)42/h3-5,7-10,16-18,20-21,25,31,34,38H,6,11-15,19,22H2,1-2H3/t25-,31?,34?/m0/s1. The molecule has 1 saturated carbocycles. The van der Waals surface area contributed by atoms with Crippen LogP contribution in [0.1, 0.15) is 52.0 Å². The van der Waals surface area contributed by atoms with Gasteiger partial charge in [0, 0.05) is 56.6 Å². The van der Waals surface area contributed by atoms with E-state index in [1.165, 1.54) is 0 Å². The predicted molar refractivity (Wildman–Crippen MR) is 178 cm³/mol. The summed E-state index contributed by atoms with van der Waals surface area (Å²) in [6, 6.07) is 19.1. The van der Waals surface area contributed by atoms with Gasteiger partial charge in [-0.1, -0.05) is 30.3 Å². The number of fused-ring (bicyclic) bond motifs is 4. The van der Waals surface area contributed by atoms with Crippen molar-refractivity contribution in [2.24, 2.45) is 10.4 Å². The molecule has 3 aromatic rings. The maximum absolute atomic E-state index is 13.6. The smallest absolute Gasteiger partial charge is 0.260 e. The lowest BCUT2D eigenvalue weighted by Crippen LogP contribution is -2.40. The summed E-state index contributed by atoms with van der Waals surface area (Å²) in [7, 11) is 3.30. The number of rotatable bonds is 9. The second-order valence-electron chi connectivity index (χ2n) is 13.0. The van der Waals surface area contributed by atoms with E-state index in [9.17, 15) is 9.59 Å². The number of carbonyl (C=O) groups is 2. The van der Waals surface area contributed by atoms with Gasteiger partial charge in [0.15, 0.2) is 11.5 Å². The van der Waals surface area contributed by atoms with E-state index >= 15 is 0 Å². The lowest BCUT2D eigenvalue weighted by molar-refractivity contribution is 0.0527. The van der Waals surface area contributed by atoms with E-state index in [-0.39, 0.29) is 35.4 Å². The van der Waals surface area contributed by atoms with Crippen LogP contribution in [0.5, 0.6) is 17.2 Å². The average Bonchev–Trinajstić information content (AvgIpc) is 3.69. The lowest BCUT2D eigenvalue weighted by atomic mass is 9.99. The molecular formula is C37H38N4O6. The fraction of sp³-hybridized carbons (Fsp3) is 0.378. The predicted octanol–water partition coefficient (Wildman–Crippen LogP) is 5.56. The molecule has 3 aromatic carbocycles. The molecule has 1 spiro atoms. The number of benzene rings is 3. The monoisotopic (exact) mass is 634 g/mol. The zero-order valence-electron chi connectivity index (χ0n) is 26.6. The lowest BCUT2D eigenvalue weighted by Gasteiger charge is -2.23. The van der Waals surface area contributed by atoms with Gasteiger partial charge in [-0.2, -0.15) is 0 Å². The number of hydrogen-bond acceptors (Lipinski definition) is 8. The average molecular weight is 635 g/mol. The minimum atomic E-state index is -0.149. The molecule has 1 N–H and O–H groups in total. The molecule has 2 amide bonds. The van der Waals surface area contributed by atoms with Crippen molar-refractivity contribution >= 4 is 35.0 Å². The fourth-order valence-electron chi connectivity index (χ4n) is 7.49. The molecule has 47 heavy (non-hydrogen) atoms. The molecule has 1 saturated heterocycles. The number of aliphatic imine (C=N–C) groups is 1. The van der Waals surface area contributed by atoms with Crippen LogP contribution in [0.4, 0.5) is 11.4 Å². The van der Waals surface area contributed by atoms with E-state index in [1.807, 2.05) is 58.6 Å². The zero-order chi connectivity index (χ0) is 32.1. The Labute approximate surface area is 274 Å². The SMILES string of the molecule is COc1cc2c(cc1OCCCOc1ccc3c(c1)N=CC1C(OC)C4(CC4)CN1C3=O)NC[C@@H]1CC(c3ccccc3)=CN1C2=O. The van der Waals surface area contributed by atoms with Crippen LogP contribution in [0.25, 0.3) is 5.57 Å². The van der Waals surface area contributed by atoms with Gasteiger partial charge in [0.25, 0.3) is 11.8 Å². The zero-order valence-corrected chi connectivity index (χ0v) is 26.6. The quantitative estimate of drug-likeness (QED) is 0.308. The molecular weight excluding hydrogens is 596 g/mol. The maximum atomic E-state index is 13.6. The molecule has 4 heterocycles. The summed E-state index contributed by atoms with van der Waals surface area (Å²) in [5, 5.41) is 3.47. The van der Waals surface area contributed by atoms with Gasteiger partial charge >= 0.3 is 0 Å². The van der Waals surface area contributed by atoms with E-state index < -0.39 is 0 Å². The summed E-state index contributed by atoms with van der Waals surface area (Å²) in [6.07, 6.45) is 7.41. The second kappa shape index (κ2) is 11.8. The van der Waals surface area contributed by atoms with Crippen LogP contribution in [0.3, 0.4) is 0 Å². The van der Waals surface area contributed by atoms with Crippen molar-refractivity contribution < 1.29 is 28.5 Å². The van der Waals surface area contributed by atoms with Crippen molar-refractivity contribution in [2.45, 2.75) is 43.9 Å². The Bertz CT molecular complexity index is 1780. The van der Waals surface area contributed by atoms with E-state index in [0.29, 0.717) is 66.8 Å². The van der Waals surface area contributed by atoms with E-state index in [1.54, 1.807) is 26.4 Å². The number of methoxy groups -OCH3 is 2. The van der Waals surface area contributed by atoms with Crippen LogP contribution >= 0.6 is 0 Å². The van der Waals surface area contributed by atoms with Gasteiger partial charge in [-0.15, -0.1) is 0 Å². The molecule has 10 nitrogen and oxygen atoms in total. The van der Waals surface area contributed by atoms with Crippen molar-refractivity contribution in [3.8, 4) is 17.2 Å². The summed E-state index contributed by atoms with van der Waals surface area (Å²) in [6.45, 7) is 2.15. The van der Waals surface area contributed by atoms with E-state index in [4.69, 9.17) is 23.9 Å². The molecule has 8 rings (SSSR count). The Hall–Kier alpha value is -4.83. The summed E-state index contributed by atoms with van der Waals surface area (Å²) in [5.41, 5.74) is 4.86. The Balaban J connectivity index is 0.893. The van der Waals surface area contributed by atoms with Gasteiger partial charge < -0.3 is 34.1 Å². The number of nitrogens with one attached hydrogen (secondary N) is 1. The van der Waals surface area contributed by atoms with Gasteiger partial charge in [0.2, 0.25) is 0 Å². The molecule has 3 atom stereocenters. The van der Waals surface area contributed by atoms with Crippen LogP contribution in [-0.2, 0) is 4.74 Å². The van der Waals surface area contributed by atoms with Crippen LogP contribution in [0, 0.1) is 5.41 Å². The number of carbonyl (C=O) groups excluding carboxylic acids is 2. The van der Waals surface area contributed by atoms with Crippen molar-refractivity contribution in [1.82, 2.24) is 9.80 Å².